The number of aliphatic hydroxyl groups is 1. The summed E-state index contributed by atoms with van der Waals surface area (Å²) in [5.74, 6) is -1.87. The van der Waals surface area contributed by atoms with Gasteiger partial charge in [-0.1, -0.05) is 60.7 Å². The molecule has 1 N–H and O–H groups in total. The predicted molar refractivity (Wildman–Crippen MR) is 125 cm³/mol. The van der Waals surface area contributed by atoms with Gasteiger partial charge in [-0.25, -0.2) is 13.2 Å². The minimum absolute atomic E-state index is 0.100. The molecule has 0 fully saturated rings. The number of rotatable bonds is 8. The van der Waals surface area contributed by atoms with E-state index in [1.54, 1.807) is 54.6 Å². The molecule has 6 heteroatoms. The molecule has 34 heavy (non-hydrogen) atoms. The molecule has 4 aromatic rings. The second-order valence-corrected chi connectivity index (χ2v) is 7.65. The second kappa shape index (κ2) is 10.4. The minimum atomic E-state index is -0.941. The van der Waals surface area contributed by atoms with Crippen LogP contribution in [0.4, 0.5) is 13.2 Å². The van der Waals surface area contributed by atoms with E-state index in [4.69, 9.17) is 14.6 Å². The van der Waals surface area contributed by atoms with Crippen LogP contribution in [0.15, 0.2) is 78.9 Å². The molecule has 0 aromatic heterocycles. The fourth-order valence-corrected chi connectivity index (χ4v) is 3.58. The monoisotopic (exact) mass is 464 g/mol. The summed E-state index contributed by atoms with van der Waals surface area (Å²) < 4.78 is 54.7. The van der Waals surface area contributed by atoms with Crippen LogP contribution in [0, 0.1) is 17.5 Å². The van der Waals surface area contributed by atoms with Crippen molar-refractivity contribution < 1.29 is 27.8 Å². The summed E-state index contributed by atoms with van der Waals surface area (Å²) in [5, 5.41) is 9.15. The molecule has 0 saturated carbocycles. The van der Waals surface area contributed by atoms with Gasteiger partial charge in [0.05, 0.1) is 13.2 Å². The molecular weight excluding hydrogens is 441 g/mol. The van der Waals surface area contributed by atoms with Crippen molar-refractivity contribution in [3.05, 3.63) is 107 Å². The SMILES string of the molecule is CCOc1ccc(OCc2ccc(-c3ccc(-c4ccc(CO)cc4)c(F)c3F)cc2)c(F)c1. The van der Waals surface area contributed by atoms with Crippen LogP contribution >= 0.6 is 0 Å². The molecule has 4 rings (SSSR count). The molecular formula is C28H23F3O3. The first-order valence-electron chi connectivity index (χ1n) is 10.8. The topological polar surface area (TPSA) is 38.7 Å². The smallest absolute Gasteiger partial charge is 0.168 e. The number of hydrogen-bond donors (Lipinski definition) is 1. The van der Waals surface area contributed by atoms with E-state index >= 15 is 0 Å². The summed E-state index contributed by atoms with van der Waals surface area (Å²) in [5.41, 5.74) is 2.75. The molecule has 0 bridgehead atoms. The minimum Gasteiger partial charge on any atom is -0.494 e. The molecule has 0 aliphatic heterocycles. The van der Waals surface area contributed by atoms with Crippen LogP contribution in [0.2, 0.25) is 0 Å². The van der Waals surface area contributed by atoms with Crippen LogP contribution in [0.25, 0.3) is 22.3 Å². The first-order valence-corrected chi connectivity index (χ1v) is 10.8. The quantitative estimate of drug-likeness (QED) is 0.308. The van der Waals surface area contributed by atoms with Crippen LogP contribution in [0.3, 0.4) is 0 Å². The molecule has 4 aromatic carbocycles. The van der Waals surface area contributed by atoms with Crippen molar-refractivity contribution in [1.82, 2.24) is 0 Å². The van der Waals surface area contributed by atoms with Gasteiger partial charge in [0.1, 0.15) is 12.4 Å². The Morgan fingerprint density at radius 3 is 1.74 bits per heavy atom. The van der Waals surface area contributed by atoms with Gasteiger partial charge in [0.2, 0.25) is 0 Å². The van der Waals surface area contributed by atoms with Gasteiger partial charge in [-0.15, -0.1) is 0 Å². The standard InChI is InChI=1S/C28H23F3O3/c1-2-33-22-11-14-26(25(29)15-22)34-17-19-5-9-21(10-6-19)24-13-12-23(27(30)28(24)31)20-7-3-18(16-32)4-8-20/h3-15,32H,2,16-17H2,1H3. The summed E-state index contributed by atoms with van der Waals surface area (Å²) in [7, 11) is 0. The Morgan fingerprint density at radius 2 is 1.24 bits per heavy atom. The van der Waals surface area contributed by atoms with E-state index in [1.807, 2.05) is 6.92 Å². The number of hydrogen-bond acceptors (Lipinski definition) is 3. The summed E-state index contributed by atoms with van der Waals surface area (Å²) in [6.45, 7) is 2.26. The van der Waals surface area contributed by atoms with E-state index in [2.05, 4.69) is 0 Å². The molecule has 174 valence electrons. The van der Waals surface area contributed by atoms with Crippen molar-refractivity contribution in [2.45, 2.75) is 20.1 Å². The van der Waals surface area contributed by atoms with E-state index in [9.17, 15) is 13.2 Å². The summed E-state index contributed by atoms with van der Waals surface area (Å²) in [6, 6.07) is 20.9. The van der Waals surface area contributed by atoms with Crippen LogP contribution in [0.5, 0.6) is 11.5 Å². The molecule has 0 aliphatic carbocycles. The Balaban J connectivity index is 1.48. The highest BCUT2D eigenvalue weighted by Gasteiger charge is 2.16. The van der Waals surface area contributed by atoms with Gasteiger partial charge in [-0.05, 0) is 41.3 Å². The normalized spacial score (nSPS) is 10.9. The van der Waals surface area contributed by atoms with Crippen LogP contribution in [-0.2, 0) is 13.2 Å². The lowest BCUT2D eigenvalue weighted by molar-refractivity contribution is 0.282. The van der Waals surface area contributed by atoms with Crippen LogP contribution < -0.4 is 9.47 Å². The van der Waals surface area contributed by atoms with Crippen LogP contribution in [-0.4, -0.2) is 11.7 Å². The Hall–Kier alpha value is -3.77. The highest BCUT2D eigenvalue weighted by molar-refractivity contribution is 5.72. The third-order valence-electron chi connectivity index (χ3n) is 5.40. The molecule has 0 aliphatic rings. The van der Waals surface area contributed by atoms with Crippen LogP contribution in [0.1, 0.15) is 18.1 Å². The third-order valence-corrected chi connectivity index (χ3v) is 5.40. The average Bonchev–Trinajstić information content (AvgIpc) is 2.86. The zero-order chi connectivity index (χ0) is 24.1. The zero-order valence-electron chi connectivity index (χ0n) is 18.5. The maximum absolute atomic E-state index is 14.9. The van der Waals surface area contributed by atoms with E-state index in [0.29, 0.717) is 29.0 Å². The summed E-state index contributed by atoms with van der Waals surface area (Å²) in [6.07, 6.45) is 0. The number of benzene rings is 4. The zero-order valence-corrected chi connectivity index (χ0v) is 18.5. The lowest BCUT2D eigenvalue weighted by Gasteiger charge is -2.11. The molecule has 0 saturated heterocycles. The summed E-state index contributed by atoms with van der Waals surface area (Å²) >= 11 is 0. The first kappa shape index (κ1) is 23.4. The van der Waals surface area contributed by atoms with E-state index in [1.165, 1.54) is 24.3 Å². The Bertz CT molecular complexity index is 1270. The predicted octanol–water partition coefficient (Wildman–Crippen LogP) is 6.91. The van der Waals surface area contributed by atoms with Crippen molar-refractivity contribution in [2.75, 3.05) is 6.61 Å². The average molecular weight is 464 g/mol. The van der Waals surface area contributed by atoms with Crippen molar-refractivity contribution in [3.63, 3.8) is 0 Å². The van der Waals surface area contributed by atoms with Gasteiger partial charge in [0.25, 0.3) is 0 Å². The van der Waals surface area contributed by atoms with Crippen molar-refractivity contribution in [2.24, 2.45) is 0 Å². The molecule has 0 spiro atoms. The molecule has 0 unspecified atom stereocenters. The second-order valence-electron chi connectivity index (χ2n) is 7.65. The number of ether oxygens (including phenoxy) is 2. The molecule has 0 amide bonds. The lowest BCUT2D eigenvalue weighted by atomic mass is 9.97. The van der Waals surface area contributed by atoms with Crippen molar-refractivity contribution in [3.8, 4) is 33.8 Å². The maximum atomic E-state index is 14.9. The van der Waals surface area contributed by atoms with Gasteiger partial charge in [-0.2, -0.15) is 0 Å². The maximum Gasteiger partial charge on any atom is 0.168 e. The van der Waals surface area contributed by atoms with Gasteiger partial charge in [0.15, 0.2) is 23.2 Å². The Morgan fingerprint density at radius 1 is 0.676 bits per heavy atom. The highest BCUT2D eigenvalue weighted by Crippen LogP contribution is 2.32. The summed E-state index contributed by atoms with van der Waals surface area (Å²) in [4.78, 5) is 0. The number of aliphatic hydroxyl groups excluding tert-OH is 1. The molecule has 0 radical (unpaired) electrons. The fourth-order valence-electron chi connectivity index (χ4n) is 3.58. The number of halogens is 3. The van der Waals surface area contributed by atoms with Crippen molar-refractivity contribution >= 4 is 0 Å². The van der Waals surface area contributed by atoms with Gasteiger partial charge in [-0.3, -0.25) is 0 Å². The molecule has 0 heterocycles. The highest BCUT2D eigenvalue weighted by atomic mass is 19.2. The van der Waals surface area contributed by atoms with Gasteiger partial charge < -0.3 is 14.6 Å². The van der Waals surface area contributed by atoms with Crippen molar-refractivity contribution in [1.29, 1.82) is 0 Å². The van der Waals surface area contributed by atoms with E-state index in [-0.39, 0.29) is 30.1 Å². The first-order chi connectivity index (χ1) is 16.5. The Labute approximate surface area is 196 Å². The van der Waals surface area contributed by atoms with E-state index in [0.717, 1.165) is 5.56 Å². The lowest BCUT2D eigenvalue weighted by Crippen LogP contribution is -1.99. The largest absolute Gasteiger partial charge is 0.494 e. The fraction of sp³-hybridized carbons (Fsp3) is 0.143. The van der Waals surface area contributed by atoms with Gasteiger partial charge in [0, 0.05) is 17.2 Å². The molecule has 3 nitrogen and oxygen atoms in total. The van der Waals surface area contributed by atoms with Gasteiger partial charge >= 0.3 is 0 Å². The molecule has 0 atom stereocenters. The van der Waals surface area contributed by atoms with E-state index < -0.39 is 17.5 Å². The third kappa shape index (κ3) is 5.07. The Kier molecular flexibility index (Phi) is 7.18.